The van der Waals surface area contributed by atoms with Crippen LogP contribution in [0.25, 0.3) is 44.7 Å². The fourth-order valence-electron chi connectivity index (χ4n) is 8.35. The summed E-state index contributed by atoms with van der Waals surface area (Å²) in [4.78, 5) is 42.8. The molecule has 0 spiro atoms. The van der Waals surface area contributed by atoms with Gasteiger partial charge in [0.1, 0.15) is 34.1 Å². The molecule has 3 aliphatic heterocycles. The number of methoxy groups -OCH3 is 1. The van der Waals surface area contributed by atoms with Crippen molar-refractivity contribution in [3.63, 3.8) is 0 Å². The SMILES string of the molecule is COC(=O)N[C@H](C(=O)N1CCC[C@H]1c1ncc(-c2cc(F)c3c(c2)OC(c2ccc(C(F)(F)F)s2)n2c-3cc3cc(-c4cnc([C@@H]5CCCN5)[nH]4)ccc32)[nH]1)C(C)C. The number of alkyl halides is 3. The maximum atomic E-state index is 16.6. The maximum Gasteiger partial charge on any atom is 0.425 e. The minimum absolute atomic E-state index is 0.155. The molecule has 302 valence electrons. The number of benzene rings is 2. The first-order valence-electron chi connectivity index (χ1n) is 19.2. The van der Waals surface area contributed by atoms with Gasteiger partial charge in [-0.1, -0.05) is 19.9 Å². The number of halogens is 4. The third kappa shape index (κ3) is 6.68. The molecule has 0 radical (unpaired) electrons. The van der Waals surface area contributed by atoms with E-state index in [1.54, 1.807) is 27.9 Å². The summed E-state index contributed by atoms with van der Waals surface area (Å²) in [5.74, 6) is 0.440. The summed E-state index contributed by atoms with van der Waals surface area (Å²) in [6.45, 7) is 5.06. The molecule has 0 saturated carbocycles. The number of fused-ring (bicyclic) bond motifs is 5. The van der Waals surface area contributed by atoms with Crippen LogP contribution in [0.3, 0.4) is 0 Å². The van der Waals surface area contributed by atoms with Crippen molar-refractivity contribution in [3.8, 4) is 39.5 Å². The second-order valence-corrected chi connectivity index (χ2v) is 16.4. The Hall–Kier alpha value is -5.68. The minimum Gasteiger partial charge on any atom is -0.464 e. The molecule has 6 aromatic rings. The van der Waals surface area contributed by atoms with Crippen molar-refractivity contribution in [3.05, 3.63) is 88.1 Å². The van der Waals surface area contributed by atoms with Gasteiger partial charge in [-0.2, -0.15) is 13.2 Å². The van der Waals surface area contributed by atoms with Crippen molar-refractivity contribution in [2.75, 3.05) is 20.2 Å². The number of ether oxygens (including phenoxy) is 2. The van der Waals surface area contributed by atoms with Crippen LogP contribution < -0.4 is 15.4 Å². The van der Waals surface area contributed by atoms with E-state index in [-0.39, 0.29) is 29.2 Å². The second kappa shape index (κ2) is 14.6. The van der Waals surface area contributed by atoms with Crippen LogP contribution in [-0.4, -0.2) is 67.6 Å². The number of nitrogens with zero attached hydrogens (tertiary/aromatic N) is 4. The molecule has 2 aromatic carbocycles. The maximum absolute atomic E-state index is 16.6. The molecule has 2 amide bonds. The summed E-state index contributed by atoms with van der Waals surface area (Å²) in [6.07, 6.45) is 0.460. The first-order valence-corrected chi connectivity index (χ1v) is 20.0. The molecule has 2 saturated heterocycles. The van der Waals surface area contributed by atoms with E-state index in [9.17, 15) is 22.8 Å². The predicted molar refractivity (Wildman–Crippen MR) is 208 cm³/mol. The number of hydrogen-bond acceptors (Lipinski definition) is 8. The number of aromatic amines is 2. The van der Waals surface area contributed by atoms with Gasteiger partial charge in [0.05, 0.1) is 64.6 Å². The monoisotopic (exact) mass is 816 g/mol. The first kappa shape index (κ1) is 37.9. The van der Waals surface area contributed by atoms with Crippen molar-refractivity contribution in [2.24, 2.45) is 5.92 Å². The number of nitrogens with one attached hydrogen (secondary N) is 4. The van der Waals surface area contributed by atoms with Crippen LogP contribution in [-0.2, 0) is 15.7 Å². The normalized spacial score (nSPS) is 19.7. The van der Waals surface area contributed by atoms with Crippen LogP contribution in [0.1, 0.15) is 79.2 Å². The molecule has 17 heteroatoms. The lowest BCUT2D eigenvalue weighted by atomic mass is 10.0. The first-order chi connectivity index (χ1) is 27.9. The van der Waals surface area contributed by atoms with Gasteiger partial charge in [-0.25, -0.2) is 19.2 Å². The Kier molecular flexibility index (Phi) is 9.54. The van der Waals surface area contributed by atoms with Crippen LogP contribution in [0, 0.1) is 11.7 Å². The summed E-state index contributed by atoms with van der Waals surface area (Å²) < 4.78 is 71.2. The van der Waals surface area contributed by atoms with Gasteiger partial charge in [0.25, 0.3) is 0 Å². The number of imidazole rings is 2. The van der Waals surface area contributed by atoms with Crippen molar-refractivity contribution < 1.29 is 36.6 Å². The van der Waals surface area contributed by atoms with Gasteiger partial charge in [-0.3, -0.25) is 9.36 Å². The molecular weight excluding hydrogens is 777 g/mol. The fourth-order valence-corrected chi connectivity index (χ4v) is 9.24. The average molecular weight is 817 g/mol. The lowest BCUT2D eigenvalue weighted by Gasteiger charge is -2.30. The minimum atomic E-state index is -4.55. The smallest absolute Gasteiger partial charge is 0.425 e. The molecule has 58 heavy (non-hydrogen) atoms. The van der Waals surface area contributed by atoms with Crippen molar-refractivity contribution >= 4 is 34.2 Å². The van der Waals surface area contributed by atoms with E-state index in [0.717, 1.165) is 47.9 Å². The largest absolute Gasteiger partial charge is 0.464 e. The van der Waals surface area contributed by atoms with Gasteiger partial charge in [-0.15, -0.1) is 11.3 Å². The van der Waals surface area contributed by atoms with E-state index < -0.39 is 41.3 Å². The molecule has 4 aromatic heterocycles. The number of carbonyl (C=O) groups is 2. The Balaban J connectivity index is 1.08. The zero-order valence-corrected chi connectivity index (χ0v) is 32.6. The highest BCUT2D eigenvalue weighted by Crippen LogP contribution is 2.49. The van der Waals surface area contributed by atoms with Gasteiger partial charge < -0.3 is 35.0 Å². The van der Waals surface area contributed by atoms with E-state index in [0.29, 0.717) is 63.9 Å². The molecule has 3 aliphatic rings. The standard InChI is InChI=1S/C41H40F4N8O4S/c1-20(2)35(51-40(55)56-3)38(54)52-13-5-7-29(52)37-48-19-27(50-37)22-15-24(42)34-30-16-23-14-21(26-18-47-36(49-26)25-6-4-12-46-25)8-9-28(23)53(30)39(57-31(34)17-22)32-10-11-33(58-32)41(43,44)45/h8-11,14-20,25,29,35,39,46H,4-7,12-13H2,1-3H3,(H,47,49)(H,48,50)(H,51,55)/t25-,29-,35-,39?/m0/s1. The molecule has 12 nitrogen and oxygen atoms in total. The number of aromatic nitrogens is 5. The highest BCUT2D eigenvalue weighted by molar-refractivity contribution is 7.12. The summed E-state index contributed by atoms with van der Waals surface area (Å²) >= 11 is 0.582. The zero-order chi connectivity index (χ0) is 40.5. The Morgan fingerprint density at radius 1 is 0.983 bits per heavy atom. The Morgan fingerprint density at radius 3 is 2.48 bits per heavy atom. The van der Waals surface area contributed by atoms with E-state index in [1.165, 1.54) is 19.2 Å². The van der Waals surface area contributed by atoms with Crippen molar-refractivity contribution in [1.29, 1.82) is 0 Å². The van der Waals surface area contributed by atoms with Crippen LogP contribution in [0.2, 0.25) is 0 Å². The number of likely N-dealkylation sites (tertiary alicyclic amines) is 1. The number of rotatable bonds is 8. The third-order valence-electron chi connectivity index (χ3n) is 11.2. The van der Waals surface area contributed by atoms with E-state index in [4.69, 9.17) is 9.47 Å². The quantitative estimate of drug-likeness (QED) is 0.113. The van der Waals surface area contributed by atoms with Crippen LogP contribution >= 0.6 is 11.3 Å². The van der Waals surface area contributed by atoms with Gasteiger partial charge in [0.2, 0.25) is 12.1 Å². The number of carbonyl (C=O) groups excluding carboxylic acids is 2. The van der Waals surface area contributed by atoms with Crippen LogP contribution in [0.5, 0.6) is 5.75 Å². The fraction of sp³-hybridized carbons (Fsp3) is 0.366. The van der Waals surface area contributed by atoms with Gasteiger partial charge in [0, 0.05) is 23.1 Å². The van der Waals surface area contributed by atoms with Crippen LogP contribution in [0.4, 0.5) is 22.4 Å². The highest BCUT2D eigenvalue weighted by Gasteiger charge is 2.39. The Labute approximate surface area is 334 Å². The summed E-state index contributed by atoms with van der Waals surface area (Å²) in [7, 11) is 1.24. The van der Waals surface area contributed by atoms with E-state index >= 15 is 4.39 Å². The van der Waals surface area contributed by atoms with Gasteiger partial charge in [-0.05, 0) is 80.6 Å². The second-order valence-electron chi connectivity index (χ2n) is 15.2. The summed E-state index contributed by atoms with van der Waals surface area (Å²) in [5.41, 5.74) is 3.82. The summed E-state index contributed by atoms with van der Waals surface area (Å²) in [5, 5.41) is 6.83. The molecule has 1 unspecified atom stereocenters. The third-order valence-corrected chi connectivity index (χ3v) is 12.4. The van der Waals surface area contributed by atoms with Crippen molar-refractivity contribution in [2.45, 2.75) is 70.1 Å². The molecule has 4 atom stereocenters. The molecule has 2 fully saturated rings. The van der Waals surface area contributed by atoms with E-state index in [1.807, 2.05) is 38.1 Å². The molecular formula is C41H40F4N8O4S. The number of thiophene rings is 1. The Bertz CT molecular complexity index is 2530. The number of hydrogen-bond donors (Lipinski definition) is 4. The zero-order valence-electron chi connectivity index (χ0n) is 31.7. The molecule has 7 heterocycles. The average Bonchev–Trinajstić information content (AvgIpc) is 4.05. The van der Waals surface area contributed by atoms with Gasteiger partial charge >= 0.3 is 12.3 Å². The van der Waals surface area contributed by atoms with Crippen molar-refractivity contribution in [1.82, 2.24) is 40.0 Å². The molecule has 9 rings (SSSR count). The molecule has 4 N–H and O–H groups in total. The van der Waals surface area contributed by atoms with Crippen LogP contribution in [0.15, 0.2) is 60.9 Å². The number of amides is 2. The Morgan fingerprint density at radius 2 is 1.76 bits per heavy atom. The predicted octanol–water partition coefficient (Wildman–Crippen LogP) is 8.72. The summed E-state index contributed by atoms with van der Waals surface area (Å²) in [6, 6.07) is 12.0. The number of alkyl carbamates (subject to hydrolysis) is 1. The topological polar surface area (TPSA) is 142 Å². The molecule has 0 aliphatic carbocycles. The van der Waals surface area contributed by atoms with Gasteiger partial charge in [0.15, 0.2) is 0 Å². The highest BCUT2D eigenvalue weighted by atomic mass is 32.1. The lowest BCUT2D eigenvalue weighted by Crippen LogP contribution is -2.51. The van der Waals surface area contributed by atoms with E-state index in [2.05, 4.69) is 30.6 Å². The molecule has 0 bridgehead atoms. The number of H-pyrrole nitrogens is 2. The lowest BCUT2D eigenvalue weighted by molar-refractivity contribution is -0.135.